The second-order valence-electron chi connectivity index (χ2n) is 4.48. The lowest BCUT2D eigenvalue weighted by atomic mass is 10.3. The summed E-state index contributed by atoms with van der Waals surface area (Å²) in [4.78, 5) is 2.07. The zero-order valence-corrected chi connectivity index (χ0v) is 12.9. The Hall–Kier alpha value is -0.940. The van der Waals surface area contributed by atoms with Gasteiger partial charge >= 0.3 is 0 Å². The fourth-order valence-corrected chi connectivity index (χ4v) is 4.36. The zero-order valence-electron chi connectivity index (χ0n) is 11.3. The summed E-state index contributed by atoms with van der Waals surface area (Å²) in [6.07, 6.45) is -0.650. The number of hydrogen-bond donors (Lipinski definition) is 2. The molecule has 4 heteroatoms. The molecular weight excluding hydrogens is 288 g/mol. The summed E-state index contributed by atoms with van der Waals surface area (Å²) in [7, 11) is 0. The smallest absolute Gasteiger partial charge is 0.119 e. The summed E-state index contributed by atoms with van der Waals surface area (Å²) < 4.78 is -0.706. The lowest BCUT2D eigenvalue weighted by molar-refractivity contribution is 0.143. The number of benzene rings is 2. The highest BCUT2D eigenvalue weighted by molar-refractivity contribution is 8.18. The van der Waals surface area contributed by atoms with Crippen LogP contribution >= 0.6 is 23.5 Å². The van der Waals surface area contributed by atoms with Gasteiger partial charge in [0.15, 0.2) is 0 Å². The fourth-order valence-electron chi connectivity index (χ4n) is 1.76. The molecule has 0 aliphatic rings. The highest BCUT2D eigenvalue weighted by atomic mass is 32.2. The molecule has 106 valence electrons. The van der Waals surface area contributed by atoms with Crippen LogP contribution in [0.15, 0.2) is 70.5 Å². The molecule has 0 amide bonds. The van der Waals surface area contributed by atoms with Gasteiger partial charge < -0.3 is 10.2 Å². The van der Waals surface area contributed by atoms with E-state index < -0.39 is 10.2 Å². The van der Waals surface area contributed by atoms with Crippen molar-refractivity contribution in [3.05, 3.63) is 60.7 Å². The van der Waals surface area contributed by atoms with Crippen LogP contribution in [-0.2, 0) is 0 Å². The Morgan fingerprint density at radius 2 is 1.30 bits per heavy atom. The van der Waals surface area contributed by atoms with Crippen molar-refractivity contribution in [1.82, 2.24) is 0 Å². The molecule has 0 aliphatic heterocycles. The van der Waals surface area contributed by atoms with Crippen molar-refractivity contribution < 1.29 is 10.2 Å². The van der Waals surface area contributed by atoms with E-state index in [9.17, 15) is 10.2 Å². The molecule has 2 rings (SSSR count). The Morgan fingerprint density at radius 3 is 1.60 bits per heavy atom. The second kappa shape index (κ2) is 7.18. The van der Waals surface area contributed by atoms with Crippen molar-refractivity contribution in [3.63, 3.8) is 0 Å². The van der Waals surface area contributed by atoms with E-state index in [0.29, 0.717) is 0 Å². The van der Waals surface area contributed by atoms with E-state index in [1.165, 1.54) is 23.5 Å². The lowest BCUT2D eigenvalue weighted by Crippen LogP contribution is -2.37. The number of rotatable bonds is 6. The van der Waals surface area contributed by atoms with Crippen molar-refractivity contribution in [2.45, 2.75) is 26.9 Å². The minimum Gasteiger partial charge on any atom is -0.394 e. The van der Waals surface area contributed by atoms with Gasteiger partial charge in [-0.2, -0.15) is 0 Å². The van der Waals surface area contributed by atoms with E-state index in [-0.39, 0.29) is 6.61 Å². The normalized spacial score (nSPS) is 13.2. The quantitative estimate of drug-likeness (QED) is 0.631. The van der Waals surface area contributed by atoms with E-state index in [4.69, 9.17) is 0 Å². The molecule has 0 saturated carbocycles. The second-order valence-corrected chi connectivity index (χ2v) is 7.54. The SMILES string of the molecule is CC(O)C(CO)(Sc1ccccc1)Sc1ccccc1. The third kappa shape index (κ3) is 3.79. The van der Waals surface area contributed by atoms with E-state index >= 15 is 0 Å². The topological polar surface area (TPSA) is 40.5 Å². The van der Waals surface area contributed by atoms with Crippen LogP contribution in [0.3, 0.4) is 0 Å². The summed E-state index contributed by atoms with van der Waals surface area (Å²) in [6.45, 7) is 1.62. The molecule has 0 heterocycles. The molecule has 1 atom stereocenters. The minimum atomic E-state index is -0.706. The molecule has 0 aromatic heterocycles. The van der Waals surface area contributed by atoms with E-state index in [0.717, 1.165) is 9.79 Å². The predicted octanol–water partition coefficient (Wildman–Crippen LogP) is 3.64. The average molecular weight is 306 g/mol. The maximum Gasteiger partial charge on any atom is 0.119 e. The van der Waals surface area contributed by atoms with Crippen molar-refractivity contribution in [2.24, 2.45) is 0 Å². The molecule has 20 heavy (non-hydrogen) atoms. The van der Waals surface area contributed by atoms with Gasteiger partial charge in [0.05, 0.1) is 12.7 Å². The monoisotopic (exact) mass is 306 g/mol. The average Bonchev–Trinajstić information content (AvgIpc) is 2.48. The third-order valence-electron chi connectivity index (χ3n) is 2.92. The summed E-state index contributed by atoms with van der Waals surface area (Å²) >= 11 is 3.00. The van der Waals surface area contributed by atoms with Gasteiger partial charge in [0.1, 0.15) is 4.08 Å². The number of thioether (sulfide) groups is 2. The third-order valence-corrected chi connectivity index (χ3v) is 6.07. The summed E-state index contributed by atoms with van der Waals surface area (Å²) in [5.41, 5.74) is 0. The van der Waals surface area contributed by atoms with Crippen molar-refractivity contribution in [1.29, 1.82) is 0 Å². The van der Waals surface area contributed by atoms with E-state index in [1.54, 1.807) is 6.92 Å². The summed E-state index contributed by atoms with van der Waals surface area (Å²) in [6, 6.07) is 19.7. The van der Waals surface area contributed by atoms with Crippen LogP contribution in [-0.4, -0.2) is 27.0 Å². The molecule has 0 saturated heterocycles. The lowest BCUT2D eigenvalue weighted by Gasteiger charge is -2.33. The van der Waals surface area contributed by atoms with E-state index in [1.807, 2.05) is 60.7 Å². The first kappa shape index (κ1) is 15.4. The molecule has 0 bridgehead atoms. The molecule has 2 aromatic rings. The molecular formula is C16H18O2S2. The van der Waals surface area contributed by atoms with Gasteiger partial charge in [0.25, 0.3) is 0 Å². The standard InChI is InChI=1S/C16H18O2S2/c1-13(18)16(12-17,19-14-8-4-2-5-9-14)20-15-10-6-3-7-11-15/h2-11,13,17-18H,12H2,1H3. The van der Waals surface area contributed by atoms with Crippen LogP contribution in [0.5, 0.6) is 0 Å². The van der Waals surface area contributed by atoms with Crippen LogP contribution < -0.4 is 0 Å². The van der Waals surface area contributed by atoms with Gasteiger partial charge in [0.2, 0.25) is 0 Å². The van der Waals surface area contributed by atoms with Crippen molar-refractivity contribution in [3.8, 4) is 0 Å². The molecule has 2 N–H and O–H groups in total. The highest BCUT2D eigenvalue weighted by Crippen LogP contribution is 2.47. The maximum absolute atomic E-state index is 10.2. The van der Waals surface area contributed by atoms with Crippen molar-refractivity contribution >= 4 is 23.5 Å². The van der Waals surface area contributed by atoms with Crippen LogP contribution in [0.25, 0.3) is 0 Å². The summed E-state index contributed by atoms with van der Waals surface area (Å²) in [5.74, 6) is 0. The Morgan fingerprint density at radius 1 is 0.900 bits per heavy atom. The Kier molecular flexibility index (Phi) is 5.54. The molecule has 0 aliphatic carbocycles. The zero-order chi connectivity index (χ0) is 14.4. The first-order chi connectivity index (χ1) is 9.66. The molecule has 0 spiro atoms. The Bertz CT molecular complexity index is 473. The van der Waals surface area contributed by atoms with E-state index in [2.05, 4.69) is 0 Å². The van der Waals surface area contributed by atoms with Gasteiger partial charge in [-0.05, 0) is 31.2 Å². The van der Waals surface area contributed by atoms with Gasteiger partial charge in [-0.25, -0.2) is 0 Å². The number of aliphatic hydroxyl groups is 2. The molecule has 0 radical (unpaired) electrons. The maximum atomic E-state index is 10.2. The predicted molar refractivity (Wildman–Crippen MR) is 86.1 cm³/mol. The first-order valence-electron chi connectivity index (χ1n) is 6.43. The fraction of sp³-hybridized carbons (Fsp3) is 0.250. The van der Waals surface area contributed by atoms with Gasteiger partial charge in [-0.15, -0.1) is 23.5 Å². The van der Waals surface area contributed by atoms with Gasteiger partial charge in [-0.3, -0.25) is 0 Å². The van der Waals surface area contributed by atoms with Crippen LogP contribution in [0, 0.1) is 0 Å². The highest BCUT2D eigenvalue weighted by Gasteiger charge is 2.37. The minimum absolute atomic E-state index is 0.107. The molecule has 2 aromatic carbocycles. The number of aliphatic hydroxyl groups excluding tert-OH is 2. The van der Waals surface area contributed by atoms with Crippen LogP contribution in [0.2, 0.25) is 0 Å². The van der Waals surface area contributed by atoms with Gasteiger partial charge in [-0.1, -0.05) is 36.4 Å². The Balaban J connectivity index is 2.26. The van der Waals surface area contributed by atoms with Crippen molar-refractivity contribution in [2.75, 3.05) is 6.61 Å². The first-order valence-corrected chi connectivity index (χ1v) is 8.06. The molecule has 0 fully saturated rings. The number of hydrogen-bond acceptors (Lipinski definition) is 4. The molecule has 1 unspecified atom stereocenters. The van der Waals surface area contributed by atoms with Gasteiger partial charge in [0, 0.05) is 9.79 Å². The van der Waals surface area contributed by atoms with Crippen LogP contribution in [0.1, 0.15) is 6.92 Å². The van der Waals surface area contributed by atoms with Crippen LogP contribution in [0.4, 0.5) is 0 Å². The Labute approximate surface area is 128 Å². The molecule has 2 nitrogen and oxygen atoms in total. The largest absolute Gasteiger partial charge is 0.394 e. The summed E-state index contributed by atoms with van der Waals surface area (Å²) in [5, 5.41) is 20.1.